The second-order valence-electron chi connectivity index (χ2n) is 7.26. The first kappa shape index (κ1) is 23.1. The molecule has 1 unspecified atom stereocenters. The third-order valence-corrected chi connectivity index (χ3v) is 5.91. The molecule has 3 aromatic rings. The van der Waals surface area contributed by atoms with Crippen LogP contribution in [0.5, 0.6) is 0 Å². The van der Waals surface area contributed by atoms with Crippen LogP contribution >= 0.6 is 0 Å². The molecule has 0 aliphatic heterocycles. The average Bonchev–Trinajstić information content (AvgIpc) is 3.24. The first-order valence-electron chi connectivity index (χ1n) is 9.33. The number of hydrogen-bond donors (Lipinski definition) is 0. The van der Waals surface area contributed by atoms with E-state index in [2.05, 4.69) is 79.7 Å². The Morgan fingerprint density at radius 2 is 1.43 bits per heavy atom. The first-order chi connectivity index (χ1) is 12.3. The monoisotopic (exact) mass is 572 g/mol. The van der Waals surface area contributed by atoms with Gasteiger partial charge in [-0.15, -0.1) is 0 Å². The Balaban J connectivity index is 0.000000934. The summed E-state index contributed by atoms with van der Waals surface area (Å²) in [7, 11) is 0. The van der Waals surface area contributed by atoms with E-state index in [-0.39, 0.29) is 50.7 Å². The van der Waals surface area contributed by atoms with E-state index in [1.165, 1.54) is 33.4 Å². The van der Waals surface area contributed by atoms with Gasteiger partial charge in [-0.25, -0.2) is 0 Å². The Labute approximate surface area is 199 Å². The van der Waals surface area contributed by atoms with Gasteiger partial charge in [0.15, 0.2) is 0 Å². The molecule has 0 saturated carbocycles. The fourth-order valence-corrected chi connectivity index (χ4v) is 4.72. The van der Waals surface area contributed by atoms with Crippen molar-refractivity contribution in [1.82, 2.24) is 0 Å². The fourth-order valence-electron chi connectivity index (χ4n) is 4.72. The van der Waals surface area contributed by atoms with E-state index in [0.29, 0.717) is 5.92 Å². The van der Waals surface area contributed by atoms with Crippen molar-refractivity contribution in [3.8, 4) is 11.1 Å². The summed E-state index contributed by atoms with van der Waals surface area (Å²) in [4.78, 5) is 0. The van der Waals surface area contributed by atoms with Crippen LogP contribution in [-0.2, 0) is 38.7 Å². The van der Waals surface area contributed by atoms with Crippen molar-refractivity contribution in [2.45, 2.75) is 32.1 Å². The summed E-state index contributed by atoms with van der Waals surface area (Å²) in [6, 6.07) is 24.6. The Kier molecular flexibility index (Phi) is 7.90. The van der Waals surface area contributed by atoms with Gasteiger partial charge in [-0.1, -0.05) is 85.3 Å². The van der Waals surface area contributed by atoms with Crippen molar-refractivity contribution in [2.24, 2.45) is 0 Å². The van der Waals surface area contributed by atoms with Crippen LogP contribution < -0.4 is 24.8 Å². The maximum Gasteiger partial charge on any atom is 0.00552 e. The zero-order chi connectivity index (χ0) is 16.8. The van der Waals surface area contributed by atoms with Crippen LogP contribution in [-0.4, -0.2) is 0 Å². The van der Waals surface area contributed by atoms with Crippen LogP contribution in [0.4, 0.5) is 0 Å². The molecule has 0 amide bonds. The number of halogens is 2. The molecule has 0 fully saturated rings. The van der Waals surface area contributed by atoms with Crippen molar-refractivity contribution < 1.29 is 50.7 Å². The zero-order valence-electron chi connectivity index (χ0n) is 15.9. The molecule has 0 radical (unpaired) electrons. The van der Waals surface area contributed by atoms with Crippen LogP contribution in [0.15, 0.2) is 72.3 Å². The predicted molar refractivity (Wildman–Crippen MR) is 106 cm³/mol. The normalized spacial score (nSPS) is 13.7. The largest absolute Gasteiger partial charge is 1.00 e. The molecule has 0 nitrogen and oxygen atoms in total. The van der Waals surface area contributed by atoms with Crippen molar-refractivity contribution in [3.63, 3.8) is 0 Å². The van der Waals surface area contributed by atoms with E-state index in [4.69, 9.17) is 0 Å². The van der Waals surface area contributed by atoms with E-state index >= 15 is 0 Å². The molecule has 28 heavy (non-hydrogen) atoms. The Morgan fingerprint density at radius 1 is 0.750 bits per heavy atom. The minimum atomic E-state index is 0. The van der Waals surface area contributed by atoms with Gasteiger partial charge in [-0.05, 0) is 58.2 Å². The molecule has 2 aliphatic rings. The van der Waals surface area contributed by atoms with Gasteiger partial charge >= 0.3 is 0 Å². The average molecular weight is 572 g/mol. The first-order valence-corrected chi connectivity index (χ1v) is 9.33. The van der Waals surface area contributed by atoms with Crippen LogP contribution in [0.25, 0.3) is 17.2 Å². The summed E-state index contributed by atoms with van der Waals surface area (Å²) < 4.78 is 0. The fraction of sp³-hybridized carbons (Fsp3) is 0.200. The summed E-state index contributed by atoms with van der Waals surface area (Å²) in [5.41, 5.74) is 11.9. The summed E-state index contributed by atoms with van der Waals surface area (Å²) >= 11 is 0. The summed E-state index contributed by atoms with van der Waals surface area (Å²) in [5, 5.41) is 0. The van der Waals surface area contributed by atoms with Crippen LogP contribution in [0.2, 0.25) is 0 Å². The Hall–Kier alpha value is -1.15. The molecule has 0 aromatic heterocycles. The van der Waals surface area contributed by atoms with E-state index < -0.39 is 0 Å². The Bertz CT molecular complexity index is 1010. The number of benzene rings is 3. The molecule has 5 rings (SSSR count). The van der Waals surface area contributed by atoms with E-state index in [9.17, 15) is 0 Å². The minimum Gasteiger partial charge on any atom is -1.00 e. The molecule has 142 valence electrons. The van der Waals surface area contributed by atoms with E-state index in [0.717, 1.165) is 19.3 Å². The molecule has 3 aromatic carbocycles. The second kappa shape index (κ2) is 9.57. The maximum atomic E-state index is 2.44. The number of rotatable bonds is 3. The maximum absolute atomic E-state index is 2.44. The van der Waals surface area contributed by atoms with Gasteiger partial charge < -0.3 is 24.8 Å². The molecular formula is C25H22Cl2Hf-2. The molecule has 0 spiro atoms. The molecule has 0 bridgehead atoms. The summed E-state index contributed by atoms with van der Waals surface area (Å²) in [6.45, 7) is 2.33. The molecule has 0 heterocycles. The standard InChI is InChI=1S/C25H22.2ClH.Hf/c1-2-21(20-14-17-8-3-4-9-18(17)15-20)23-12-7-13-24-22-11-6-5-10-19(22)16-25(23)24;;;/h3-14,21H,2,15-16H2,1H3;2*1H;/p-2. The van der Waals surface area contributed by atoms with Crippen LogP contribution in [0.1, 0.15) is 47.1 Å². The minimum absolute atomic E-state index is 0. The zero-order valence-corrected chi connectivity index (χ0v) is 21.0. The molecule has 2 aliphatic carbocycles. The summed E-state index contributed by atoms with van der Waals surface area (Å²) in [5.74, 6) is 0.525. The molecule has 0 saturated heterocycles. The third-order valence-electron chi connectivity index (χ3n) is 5.91. The van der Waals surface area contributed by atoms with Gasteiger partial charge in [0, 0.05) is 31.8 Å². The number of hydrogen-bond acceptors (Lipinski definition) is 0. The van der Waals surface area contributed by atoms with Crippen molar-refractivity contribution in [3.05, 3.63) is 100 Å². The van der Waals surface area contributed by atoms with Gasteiger partial charge in [-0.3, -0.25) is 0 Å². The van der Waals surface area contributed by atoms with Crippen LogP contribution in [0, 0.1) is 0 Å². The topological polar surface area (TPSA) is 0 Å². The van der Waals surface area contributed by atoms with Crippen LogP contribution in [0.3, 0.4) is 0 Å². The van der Waals surface area contributed by atoms with Gasteiger partial charge in [0.25, 0.3) is 0 Å². The Morgan fingerprint density at radius 3 is 2.18 bits per heavy atom. The molecular weight excluding hydrogens is 550 g/mol. The van der Waals surface area contributed by atoms with Gasteiger partial charge in [0.05, 0.1) is 0 Å². The smallest absolute Gasteiger partial charge is 0.00552 e. The quantitative estimate of drug-likeness (QED) is 0.313. The van der Waals surface area contributed by atoms with Crippen molar-refractivity contribution in [2.75, 3.05) is 0 Å². The number of allylic oxidation sites excluding steroid dienone is 1. The number of fused-ring (bicyclic) bond motifs is 4. The SMILES string of the molecule is CCC(C1=Cc2ccccc2C1)c1cccc2c1Cc1ccccc1-2.[Cl-].[Cl-].[Hf]. The summed E-state index contributed by atoms with van der Waals surface area (Å²) in [6.07, 6.45) is 5.78. The molecule has 1 atom stereocenters. The van der Waals surface area contributed by atoms with Gasteiger partial charge in [0.1, 0.15) is 0 Å². The molecule has 3 heteroatoms. The van der Waals surface area contributed by atoms with Gasteiger partial charge in [0.2, 0.25) is 0 Å². The second-order valence-corrected chi connectivity index (χ2v) is 7.26. The van der Waals surface area contributed by atoms with Gasteiger partial charge in [-0.2, -0.15) is 0 Å². The third kappa shape index (κ3) is 3.82. The van der Waals surface area contributed by atoms with Crippen molar-refractivity contribution in [1.29, 1.82) is 0 Å². The molecule has 0 N–H and O–H groups in total. The van der Waals surface area contributed by atoms with E-state index in [1.54, 1.807) is 11.1 Å². The van der Waals surface area contributed by atoms with E-state index in [1.807, 2.05) is 0 Å². The predicted octanol–water partition coefficient (Wildman–Crippen LogP) is 0.397. The van der Waals surface area contributed by atoms with Crippen molar-refractivity contribution >= 4 is 6.08 Å².